The minimum atomic E-state index is -3.89. The Bertz CT molecular complexity index is 715. The van der Waals surface area contributed by atoms with E-state index in [1.807, 2.05) is 0 Å². The predicted octanol–water partition coefficient (Wildman–Crippen LogP) is 0.414. The van der Waals surface area contributed by atoms with Crippen molar-refractivity contribution < 1.29 is 23.1 Å². The summed E-state index contributed by atoms with van der Waals surface area (Å²) in [6.45, 7) is -0.00699. The first-order chi connectivity index (χ1) is 8.97. The molecule has 0 atom stereocenters. The summed E-state index contributed by atoms with van der Waals surface area (Å²) in [5.41, 5.74) is 0.632. The first-order valence-electron chi connectivity index (χ1n) is 5.32. The van der Waals surface area contributed by atoms with E-state index in [9.17, 15) is 13.2 Å². The number of rotatable bonds is 0. The molecule has 1 aromatic rings. The number of aromatic nitrogens is 1. The maximum absolute atomic E-state index is 12.0. The summed E-state index contributed by atoms with van der Waals surface area (Å²) < 4.78 is 33.1. The van der Waals surface area contributed by atoms with Crippen molar-refractivity contribution in [3.05, 3.63) is 24.2 Å². The van der Waals surface area contributed by atoms with Gasteiger partial charge in [-0.25, -0.2) is 4.79 Å². The minimum Gasteiger partial charge on any atom is -0.465 e. The van der Waals surface area contributed by atoms with Crippen molar-refractivity contribution in [3.8, 4) is 5.75 Å². The van der Waals surface area contributed by atoms with E-state index >= 15 is 0 Å². The van der Waals surface area contributed by atoms with E-state index in [0.29, 0.717) is 5.57 Å². The molecule has 3 rings (SSSR count). The Kier molecular flexibility index (Phi) is 2.39. The molecule has 0 bridgehead atoms. The third kappa shape index (κ3) is 1.87. The highest BCUT2D eigenvalue weighted by atomic mass is 32.2. The quantitative estimate of drug-likeness (QED) is 0.716. The molecule has 0 saturated carbocycles. The van der Waals surface area contributed by atoms with Gasteiger partial charge in [0.15, 0.2) is 5.75 Å². The minimum absolute atomic E-state index is 0.0590. The summed E-state index contributed by atoms with van der Waals surface area (Å²) in [6, 6.07) is 0. The number of carboxylic acid groups (broad SMARTS) is 1. The van der Waals surface area contributed by atoms with E-state index in [0.717, 1.165) is 4.90 Å². The van der Waals surface area contributed by atoms with Crippen molar-refractivity contribution in [3.63, 3.8) is 0 Å². The number of aromatic amines is 1. The van der Waals surface area contributed by atoms with Crippen LogP contribution in [-0.4, -0.2) is 48.3 Å². The Labute approximate surface area is 108 Å². The van der Waals surface area contributed by atoms with Crippen molar-refractivity contribution >= 4 is 21.8 Å². The molecule has 0 aliphatic carbocycles. The SMILES string of the molecule is O=C(O)N1CC2=COc3c[nH]cc3S(=O)(=O)N=C2C1. The van der Waals surface area contributed by atoms with E-state index in [4.69, 9.17) is 9.84 Å². The fourth-order valence-electron chi connectivity index (χ4n) is 1.92. The van der Waals surface area contributed by atoms with Crippen molar-refractivity contribution in [2.45, 2.75) is 4.90 Å². The maximum Gasteiger partial charge on any atom is 0.407 e. The average molecular weight is 283 g/mol. The molecule has 2 aliphatic rings. The molecule has 19 heavy (non-hydrogen) atoms. The van der Waals surface area contributed by atoms with Gasteiger partial charge in [0.1, 0.15) is 4.90 Å². The number of nitrogens with one attached hydrogen (secondary N) is 1. The van der Waals surface area contributed by atoms with Gasteiger partial charge >= 0.3 is 6.09 Å². The van der Waals surface area contributed by atoms with Crippen LogP contribution in [0.15, 0.2) is 33.5 Å². The summed E-state index contributed by atoms with van der Waals surface area (Å²) in [4.78, 5) is 14.5. The zero-order valence-electron chi connectivity index (χ0n) is 9.53. The predicted molar refractivity (Wildman–Crippen MR) is 63.7 cm³/mol. The summed E-state index contributed by atoms with van der Waals surface area (Å²) in [5, 5.41) is 8.91. The lowest BCUT2D eigenvalue weighted by Crippen LogP contribution is -2.26. The van der Waals surface area contributed by atoms with Crippen LogP contribution < -0.4 is 4.74 Å². The van der Waals surface area contributed by atoms with Crippen LogP contribution in [0.4, 0.5) is 4.79 Å². The molecule has 0 unspecified atom stereocenters. The fourth-order valence-corrected chi connectivity index (χ4v) is 3.06. The van der Waals surface area contributed by atoms with Crippen LogP contribution in [0.1, 0.15) is 0 Å². The van der Waals surface area contributed by atoms with Crippen molar-refractivity contribution in [1.29, 1.82) is 0 Å². The second-order valence-corrected chi connectivity index (χ2v) is 5.67. The van der Waals surface area contributed by atoms with Crippen molar-refractivity contribution in [1.82, 2.24) is 9.88 Å². The number of ether oxygens (including phenoxy) is 1. The van der Waals surface area contributed by atoms with Gasteiger partial charge in [-0.2, -0.15) is 12.8 Å². The lowest BCUT2D eigenvalue weighted by molar-refractivity contribution is 0.159. The van der Waals surface area contributed by atoms with Crippen LogP contribution in [0.5, 0.6) is 5.75 Å². The molecule has 2 aliphatic heterocycles. The number of likely N-dealkylation sites (tertiary alicyclic amines) is 1. The molecule has 0 aromatic carbocycles. The second-order valence-electron chi connectivity index (χ2n) is 4.10. The first-order valence-corrected chi connectivity index (χ1v) is 6.76. The van der Waals surface area contributed by atoms with E-state index < -0.39 is 16.1 Å². The number of amides is 1. The number of hydrogen-bond donors (Lipinski definition) is 2. The van der Waals surface area contributed by atoms with E-state index in [-0.39, 0.29) is 29.4 Å². The summed E-state index contributed by atoms with van der Waals surface area (Å²) in [5.74, 6) is 0.143. The molecule has 1 saturated heterocycles. The second kappa shape index (κ2) is 3.85. The largest absolute Gasteiger partial charge is 0.465 e. The van der Waals surface area contributed by atoms with Gasteiger partial charge in [-0.05, 0) is 0 Å². The Morgan fingerprint density at radius 3 is 2.95 bits per heavy atom. The molecule has 8 nitrogen and oxygen atoms in total. The van der Waals surface area contributed by atoms with Gasteiger partial charge < -0.3 is 14.8 Å². The topological polar surface area (TPSA) is 112 Å². The summed E-state index contributed by atoms with van der Waals surface area (Å²) in [7, 11) is -3.89. The molecule has 9 heteroatoms. The van der Waals surface area contributed by atoms with E-state index in [1.165, 1.54) is 18.7 Å². The van der Waals surface area contributed by atoms with Gasteiger partial charge in [-0.3, -0.25) is 4.90 Å². The monoisotopic (exact) mass is 283 g/mol. The summed E-state index contributed by atoms with van der Waals surface area (Å²) in [6.07, 6.45) is 2.88. The molecule has 0 spiro atoms. The maximum atomic E-state index is 12.0. The molecule has 2 N–H and O–H groups in total. The van der Waals surface area contributed by atoms with E-state index in [1.54, 1.807) is 0 Å². The van der Waals surface area contributed by atoms with Gasteiger partial charge in [0.2, 0.25) is 0 Å². The highest BCUT2D eigenvalue weighted by Crippen LogP contribution is 2.29. The Morgan fingerprint density at radius 1 is 1.42 bits per heavy atom. The molecule has 1 amide bonds. The standard InChI is InChI=1S/C10H9N3O5S/c14-10(15)13-3-6-5-18-8-1-11-2-9(8)19(16,17)12-7(6)4-13/h1-2,5,11H,3-4H2,(H,14,15). The zero-order chi connectivity index (χ0) is 13.6. The molecule has 0 radical (unpaired) electrons. The van der Waals surface area contributed by atoms with Gasteiger partial charge in [-0.15, -0.1) is 0 Å². The smallest absolute Gasteiger partial charge is 0.407 e. The van der Waals surface area contributed by atoms with E-state index in [2.05, 4.69) is 9.38 Å². The highest BCUT2D eigenvalue weighted by Gasteiger charge is 2.32. The number of carbonyl (C=O) groups is 1. The highest BCUT2D eigenvalue weighted by molar-refractivity contribution is 7.90. The number of H-pyrrole nitrogens is 1. The third-order valence-corrected chi connectivity index (χ3v) is 4.19. The molecule has 1 fully saturated rings. The van der Waals surface area contributed by atoms with Crippen LogP contribution in [0.25, 0.3) is 0 Å². The average Bonchev–Trinajstić information content (AvgIpc) is 2.91. The van der Waals surface area contributed by atoms with Crippen LogP contribution in [0.2, 0.25) is 0 Å². The number of nitrogens with zero attached hydrogens (tertiary/aromatic N) is 2. The summed E-state index contributed by atoms with van der Waals surface area (Å²) >= 11 is 0. The van der Waals surface area contributed by atoms with Crippen molar-refractivity contribution in [2.24, 2.45) is 4.40 Å². The molecular formula is C10H9N3O5S. The number of sulfonamides is 1. The Hall–Kier alpha value is -2.29. The molecule has 100 valence electrons. The van der Waals surface area contributed by atoms with Gasteiger partial charge in [0, 0.05) is 18.0 Å². The lowest BCUT2D eigenvalue weighted by Gasteiger charge is -2.07. The van der Waals surface area contributed by atoms with Crippen LogP contribution in [-0.2, 0) is 10.0 Å². The number of fused-ring (bicyclic) bond motifs is 2. The van der Waals surface area contributed by atoms with Gasteiger partial charge in [0.25, 0.3) is 10.0 Å². The third-order valence-electron chi connectivity index (χ3n) is 2.85. The normalized spacial score (nSPS) is 20.3. The zero-order valence-corrected chi connectivity index (χ0v) is 10.3. The van der Waals surface area contributed by atoms with Crippen LogP contribution >= 0.6 is 0 Å². The van der Waals surface area contributed by atoms with Gasteiger partial charge in [0.05, 0.1) is 25.1 Å². The Balaban J connectivity index is 2.11. The van der Waals surface area contributed by atoms with Crippen LogP contribution in [0, 0.1) is 0 Å². The molecule has 3 heterocycles. The Morgan fingerprint density at radius 2 is 2.21 bits per heavy atom. The van der Waals surface area contributed by atoms with Gasteiger partial charge in [-0.1, -0.05) is 0 Å². The van der Waals surface area contributed by atoms with Crippen LogP contribution in [0.3, 0.4) is 0 Å². The molecular weight excluding hydrogens is 274 g/mol. The molecule has 1 aromatic heterocycles. The van der Waals surface area contributed by atoms with Crippen molar-refractivity contribution in [2.75, 3.05) is 13.1 Å². The lowest BCUT2D eigenvalue weighted by atomic mass is 10.2. The number of hydrogen-bond acceptors (Lipinski definition) is 4. The fraction of sp³-hybridized carbons (Fsp3) is 0.200. The first kappa shape index (κ1) is 11.8.